The van der Waals surface area contributed by atoms with E-state index in [0.717, 1.165) is 36.3 Å². The molecule has 4 N–H and O–H groups in total. The highest BCUT2D eigenvalue weighted by molar-refractivity contribution is 6.35. The van der Waals surface area contributed by atoms with E-state index in [9.17, 15) is 14.4 Å². The molecule has 2 atom stereocenters. The third-order valence-corrected chi connectivity index (χ3v) is 7.22. The van der Waals surface area contributed by atoms with Crippen molar-refractivity contribution < 1.29 is 19.1 Å². The summed E-state index contributed by atoms with van der Waals surface area (Å²) >= 11 is 0. The van der Waals surface area contributed by atoms with Crippen molar-refractivity contribution >= 4 is 35.1 Å². The molecule has 8 heteroatoms. The Morgan fingerprint density at radius 3 is 2.66 bits per heavy atom. The van der Waals surface area contributed by atoms with Crippen LogP contribution in [-0.4, -0.2) is 42.0 Å². The molecule has 0 saturated carbocycles. The predicted molar refractivity (Wildman–Crippen MR) is 147 cm³/mol. The first-order chi connectivity index (χ1) is 18.3. The topological polar surface area (TPSA) is 112 Å². The number of benzene rings is 2. The molecule has 0 aliphatic carbocycles. The summed E-state index contributed by atoms with van der Waals surface area (Å²) in [6, 6.07) is 14.8. The molecule has 1 aromatic heterocycles. The number of carbonyl (C=O) groups excluding carboxylic acids is 3. The second-order valence-corrected chi connectivity index (χ2v) is 9.89. The van der Waals surface area contributed by atoms with Crippen LogP contribution in [0, 0.1) is 13.8 Å². The van der Waals surface area contributed by atoms with Crippen LogP contribution in [-0.2, 0) is 9.53 Å². The lowest BCUT2D eigenvalue weighted by atomic mass is 10.0. The second-order valence-electron chi connectivity index (χ2n) is 9.89. The van der Waals surface area contributed by atoms with Gasteiger partial charge in [0.15, 0.2) is 0 Å². The molecule has 3 amide bonds. The van der Waals surface area contributed by atoms with Gasteiger partial charge in [-0.25, -0.2) is 0 Å². The summed E-state index contributed by atoms with van der Waals surface area (Å²) in [5, 5.41) is 8.86. The van der Waals surface area contributed by atoms with Crippen molar-refractivity contribution in [2.45, 2.75) is 45.8 Å². The maximum absolute atomic E-state index is 13.0. The van der Waals surface area contributed by atoms with Crippen LogP contribution in [0.5, 0.6) is 0 Å². The second kappa shape index (κ2) is 10.7. The Hall–Kier alpha value is -4.17. The lowest BCUT2D eigenvalue weighted by Crippen LogP contribution is -2.32. The van der Waals surface area contributed by atoms with E-state index in [2.05, 4.69) is 20.9 Å². The lowest BCUT2D eigenvalue weighted by molar-refractivity contribution is -0.110. The van der Waals surface area contributed by atoms with Gasteiger partial charge < -0.3 is 25.7 Å². The Morgan fingerprint density at radius 2 is 1.92 bits per heavy atom. The van der Waals surface area contributed by atoms with Gasteiger partial charge in [-0.15, -0.1) is 0 Å². The predicted octanol–water partition coefficient (Wildman–Crippen LogP) is 4.52. The smallest absolute Gasteiger partial charge is 0.256 e. The molecular weight excluding hydrogens is 480 g/mol. The van der Waals surface area contributed by atoms with Crippen LogP contribution in [0.25, 0.3) is 11.6 Å². The van der Waals surface area contributed by atoms with E-state index in [1.54, 1.807) is 24.3 Å². The molecule has 3 heterocycles. The number of aryl methyl sites for hydroxylation is 1. The van der Waals surface area contributed by atoms with Crippen LogP contribution in [0.4, 0.5) is 5.69 Å². The van der Waals surface area contributed by atoms with E-state index in [4.69, 9.17) is 4.74 Å². The van der Waals surface area contributed by atoms with Crippen LogP contribution >= 0.6 is 0 Å². The molecule has 1 unspecified atom stereocenters. The molecule has 0 radical (unpaired) electrons. The van der Waals surface area contributed by atoms with Crippen molar-refractivity contribution in [3.05, 3.63) is 87.7 Å². The number of ether oxygens (including phenoxy) is 1. The number of rotatable bonds is 7. The van der Waals surface area contributed by atoms with Crippen LogP contribution in [0.1, 0.15) is 74.6 Å². The summed E-state index contributed by atoms with van der Waals surface area (Å²) in [6.07, 6.45) is 3.76. The van der Waals surface area contributed by atoms with Gasteiger partial charge in [0.25, 0.3) is 17.7 Å². The number of aromatic amines is 1. The zero-order valence-electron chi connectivity index (χ0n) is 21.8. The zero-order valence-corrected chi connectivity index (χ0v) is 21.8. The Balaban J connectivity index is 1.37. The summed E-state index contributed by atoms with van der Waals surface area (Å²) in [7, 11) is 0. The van der Waals surface area contributed by atoms with Gasteiger partial charge in [-0.3, -0.25) is 14.4 Å². The number of aromatic nitrogens is 1. The zero-order chi connectivity index (χ0) is 26.8. The lowest BCUT2D eigenvalue weighted by Gasteiger charge is -2.14. The fourth-order valence-corrected chi connectivity index (χ4v) is 5.08. The average molecular weight is 513 g/mol. The van der Waals surface area contributed by atoms with Crippen molar-refractivity contribution in [3.8, 4) is 0 Å². The summed E-state index contributed by atoms with van der Waals surface area (Å²) < 4.78 is 5.60. The summed E-state index contributed by atoms with van der Waals surface area (Å²) in [5.41, 5.74) is 5.91. The molecule has 2 aliphatic heterocycles. The summed E-state index contributed by atoms with van der Waals surface area (Å²) in [4.78, 5) is 42.1. The van der Waals surface area contributed by atoms with Crippen molar-refractivity contribution in [2.75, 3.05) is 18.5 Å². The van der Waals surface area contributed by atoms with E-state index >= 15 is 0 Å². The first-order valence-corrected chi connectivity index (χ1v) is 12.9. The highest BCUT2D eigenvalue weighted by Crippen LogP contribution is 2.35. The Bertz CT molecular complexity index is 1420. The number of anilines is 1. The van der Waals surface area contributed by atoms with Crippen molar-refractivity contribution in [2.24, 2.45) is 0 Å². The van der Waals surface area contributed by atoms with E-state index in [1.807, 2.05) is 51.1 Å². The SMILES string of the molecule is Cc1[nH]c(/C=C2\C(=O)Nc3ccc(C(=O)N[C@H](C)c4ccccc4)cc32)c(C)c1C(=O)NCC1CCCO1. The molecule has 0 spiro atoms. The number of H-pyrrole nitrogens is 1. The van der Waals surface area contributed by atoms with E-state index < -0.39 is 0 Å². The minimum atomic E-state index is -0.258. The summed E-state index contributed by atoms with van der Waals surface area (Å²) in [6.45, 7) is 6.85. The van der Waals surface area contributed by atoms with Crippen LogP contribution in [0.2, 0.25) is 0 Å². The molecular formula is C30H32N4O4. The quantitative estimate of drug-likeness (QED) is 0.349. The van der Waals surface area contributed by atoms with Gasteiger partial charge in [-0.1, -0.05) is 30.3 Å². The number of nitrogens with one attached hydrogen (secondary N) is 4. The molecule has 1 saturated heterocycles. The number of amides is 3. The third kappa shape index (κ3) is 5.13. The molecule has 3 aromatic rings. The van der Waals surface area contributed by atoms with Gasteiger partial charge in [-0.05, 0) is 69.0 Å². The number of fused-ring (bicyclic) bond motifs is 1. The highest BCUT2D eigenvalue weighted by atomic mass is 16.5. The van der Waals surface area contributed by atoms with Gasteiger partial charge in [0, 0.05) is 41.4 Å². The van der Waals surface area contributed by atoms with Crippen LogP contribution < -0.4 is 16.0 Å². The van der Waals surface area contributed by atoms with Gasteiger partial charge in [0.05, 0.1) is 23.3 Å². The molecule has 1 fully saturated rings. The molecule has 0 bridgehead atoms. The minimum absolute atomic E-state index is 0.0563. The Kier molecular flexibility index (Phi) is 7.15. The fraction of sp³-hybridized carbons (Fsp3) is 0.300. The largest absolute Gasteiger partial charge is 0.376 e. The van der Waals surface area contributed by atoms with Gasteiger partial charge in [0.2, 0.25) is 0 Å². The van der Waals surface area contributed by atoms with Gasteiger partial charge in [0.1, 0.15) is 0 Å². The Morgan fingerprint density at radius 1 is 1.13 bits per heavy atom. The van der Waals surface area contributed by atoms with Crippen molar-refractivity contribution in [3.63, 3.8) is 0 Å². The van der Waals surface area contributed by atoms with Gasteiger partial charge >= 0.3 is 0 Å². The molecule has 2 aromatic carbocycles. The standard InChI is InChI=1S/C30H32N4O4/c1-17-26(32-19(3)27(17)30(37)31-16-22-10-7-13-38-22)15-24-23-14-21(11-12-25(23)34-29(24)36)28(35)33-18(2)20-8-5-4-6-9-20/h4-6,8-9,11-12,14-15,18,22,32H,7,10,13,16H2,1-3H3,(H,31,37)(H,33,35)(H,34,36)/b24-15-/t18-,22?/m1/s1. The highest BCUT2D eigenvalue weighted by Gasteiger charge is 2.27. The Labute approximate surface area is 221 Å². The molecule has 38 heavy (non-hydrogen) atoms. The van der Waals surface area contributed by atoms with Gasteiger partial charge in [-0.2, -0.15) is 0 Å². The average Bonchev–Trinajstić information content (AvgIpc) is 3.61. The summed E-state index contributed by atoms with van der Waals surface area (Å²) in [5.74, 6) is -0.648. The molecule has 5 rings (SSSR count). The molecule has 2 aliphatic rings. The normalized spacial score (nSPS) is 18.2. The van der Waals surface area contributed by atoms with Crippen molar-refractivity contribution in [1.29, 1.82) is 0 Å². The van der Waals surface area contributed by atoms with Crippen molar-refractivity contribution in [1.82, 2.24) is 15.6 Å². The fourth-order valence-electron chi connectivity index (χ4n) is 5.08. The van der Waals surface area contributed by atoms with Crippen LogP contribution in [0.3, 0.4) is 0 Å². The third-order valence-electron chi connectivity index (χ3n) is 7.22. The monoisotopic (exact) mass is 512 g/mol. The number of carbonyl (C=O) groups is 3. The molecule has 8 nitrogen and oxygen atoms in total. The first kappa shape index (κ1) is 25.5. The first-order valence-electron chi connectivity index (χ1n) is 12.9. The van der Waals surface area contributed by atoms with E-state index in [1.165, 1.54) is 0 Å². The van der Waals surface area contributed by atoms with E-state index in [-0.39, 0.29) is 29.9 Å². The molecule has 196 valence electrons. The minimum Gasteiger partial charge on any atom is -0.376 e. The van der Waals surface area contributed by atoms with E-state index in [0.29, 0.717) is 40.2 Å². The van der Waals surface area contributed by atoms with Crippen LogP contribution in [0.15, 0.2) is 48.5 Å². The number of hydrogen-bond donors (Lipinski definition) is 4. The maximum atomic E-state index is 13.0. The number of hydrogen-bond acceptors (Lipinski definition) is 4. The maximum Gasteiger partial charge on any atom is 0.256 e.